The van der Waals surface area contributed by atoms with Crippen molar-refractivity contribution in [2.45, 2.75) is 31.8 Å². The molecule has 0 aromatic heterocycles. The quantitative estimate of drug-likeness (QED) is 0.619. The van der Waals surface area contributed by atoms with Crippen LogP contribution in [-0.2, 0) is 0 Å². The molecule has 1 atom stereocenters. The van der Waals surface area contributed by atoms with Crippen LogP contribution in [0.1, 0.15) is 26.2 Å². The second kappa shape index (κ2) is 3.88. The van der Waals surface area contributed by atoms with Gasteiger partial charge in [-0.15, -0.1) is 0 Å². The number of hydrogen-bond acceptors (Lipinski definition) is 3. The van der Waals surface area contributed by atoms with Gasteiger partial charge in [-0.1, -0.05) is 6.42 Å². The first kappa shape index (κ1) is 9.50. The Labute approximate surface area is 73.6 Å². The van der Waals surface area contributed by atoms with E-state index in [1.54, 1.807) is 6.92 Å². The van der Waals surface area contributed by atoms with Gasteiger partial charge in [0.25, 0.3) is 0 Å². The Morgan fingerprint density at radius 2 is 2.00 bits per heavy atom. The van der Waals surface area contributed by atoms with Crippen LogP contribution in [-0.4, -0.2) is 35.2 Å². The second-order valence-corrected chi connectivity index (χ2v) is 3.72. The van der Waals surface area contributed by atoms with Crippen LogP contribution in [0.5, 0.6) is 0 Å². The van der Waals surface area contributed by atoms with Crippen LogP contribution < -0.4 is 0 Å². The zero-order valence-electron chi connectivity index (χ0n) is 7.58. The fourth-order valence-corrected chi connectivity index (χ4v) is 1.59. The summed E-state index contributed by atoms with van der Waals surface area (Å²) in [6.07, 6.45) is 3.67. The standard InChI is InChI=1S/C9H16N2O/c1-9(12,7-10)8-11-5-3-2-4-6-11/h12H,2-6,8H2,1H3/t9-/m1/s1. The van der Waals surface area contributed by atoms with Crippen LogP contribution in [0.4, 0.5) is 0 Å². The van der Waals surface area contributed by atoms with Gasteiger partial charge < -0.3 is 5.11 Å². The average molecular weight is 168 g/mol. The second-order valence-electron chi connectivity index (χ2n) is 3.72. The zero-order chi connectivity index (χ0) is 9.03. The molecule has 0 bridgehead atoms. The summed E-state index contributed by atoms with van der Waals surface area (Å²) < 4.78 is 0. The SMILES string of the molecule is C[C@@](O)(C#N)CN1CCCCC1. The molecule has 0 aromatic rings. The summed E-state index contributed by atoms with van der Waals surface area (Å²) in [5.74, 6) is 0. The van der Waals surface area contributed by atoms with Crippen molar-refractivity contribution in [1.29, 1.82) is 5.26 Å². The molecule has 1 aliphatic rings. The van der Waals surface area contributed by atoms with Gasteiger partial charge in [-0.3, -0.25) is 4.90 Å². The summed E-state index contributed by atoms with van der Waals surface area (Å²) in [5, 5.41) is 18.1. The lowest BCUT2D eigenvalue weighted by molar-refractivity contribution is 0.0602. The lowest BCUT2D eigenvalue weighted by Crippen LogP contribution is -2.42. The Morgan fingerprint density at radius 1 is 1.42 bits per heavy atom. The van der Waals surface area contributed by atoms with Crippen molar-refractivity contribution in [2.24, 2.45) is 0 Å². The first-order chi connectivity index (χ1) is 5.64. The number of hydrogen-bond donors (Lipinski definition) is 1. The maximum Gasteiger partial charge on any atom is 0.160 e. The predicted octanol–water partition coefficient (Wildman–Crippen LogP) is 0.747. The molecule has 0 saturated carbocycles. The summed E-state index contributed by atoms with van der Waals surface area (Å²) >= 11 is 0. The maximum atomic E-state index is 9.47. The summed E-state index contributed by atoms with van der Waals surface area (Å²) in [7, 11) is 0. The average Bonchev–Trinajstić information content (AvgIpc) is 2.06. The highest BCUT2D eigenvalue weighted by atomic mass is 16.3. The number of nitriles is 1. The van der Waals surface area contributed by atoms with Crippen LogP contribution in [0, 0.1) is 11.3 Å². The van der Waals surface area contributed by atoms with E-state index in [4.69, 9.17) is 5.26 Å². The molecule has 68 valence electrons. The number of nitrogens with zero attached hydrogens (tertiary/aromatic N) is 2. The van der Waals surface area contributed by atoms with Crippen LogP contribution >= 0.6 is 0 Å². The summed E-state index contributed by atoms with van der Waals surface area (Å²) in [6.45, 7) is 4.11. The molecule has 1 fully saturated rings. The van der Waals surface area contributed by atoms with Gasteiger partial charge in [0.05, 0.1) is 6.07 Å². The molecule has 0 aliphatic carbocycles. The van der Waals surface area contributed by atoms with E-state index in [0.29, 0.717) is 6.54 Å². The molecule has 0 spiro atoms. The summed E-state index contributed by atoms with van der Waals surface area (Å²) in [6, 6.07) is 1.90. The van der Waals surface area contributed by atoms with Gasteiger partial charge in [0.1, 0.15) is 0 Å². The van der Waals surface area contributed by atoms with Crippen molar-refractivity contribution in [3.05, 3.63) is 0 Å². The predicted molar refractivity (Wildman–Crippen MR) is 46.5 cm³/mol. The molecule has 0 unspecified atom stereocenters. The monoisotopic (exact) mass is 168 g/mol. The van der Waals surface area contributed by atoms with E-state index in [2.05, 4.69) is 4.90 Å². The summed E-state index contributed by atoms with van der Waals surface area (Å²) in [5.41, 5.74) is -1.17. The van der Waals surface area contributed by atoms with Crippen LogP contribution in [0.15, 0.2) is 0 Å². The summed E-state index contributed by atoms with van der Waals surface area (Å²) in [4.78, 5) is 2.16. The van der Waals surface area contributed by atoms with E-state index in [1.807, 2.05) is 6.07 Å². The van der Waals surface area contributed by atoms with E-state index in [1.165, 1.54) is 19.3 Å². The Bertz CT molecular complexity index is 177. The van der Waals surface area contributed by atoms with Crippen molar-refractivity contribution in [3.8, 4) is 6.07 Å². The molecule has 0 amide bonds. The van der Waals surface area contributed by atoms with E-state index in [-0.39, 0.29) is 0 Å². The fraction of sp³-hybridized carbons (Fsp3) is 0.889. The Hall–Kier alpha value is -0.590. The highest BCUT2D eigenvalue weighted by molar-refractivity contribution is 4.98. The molecule has 0 aromatic carbocycles. The van der Waals surface area contributed by atoms with Gasteiger partial charge in [0, 0.05) is 6.54 Å². The number of β-amino-alcohol motifs (C(OH)–C–C–N with tert-alkyl or cyclic N) is 1. The molecular weight excluding hydrogens is 152 g/mol. The third-order valence-electron chi connectivity index (χ3n) is 2.22. The Balaban J connectivity index is 2.35. The molecular formula is C9H16N2O. The fourth-order valence-electron chi connectivity index (χ4n) is 1.59. The Morgan fingerprint density at radius 3 is 2.50 bits per heavy atom. The third-order valence-corrected chi connectivity index (χ3v) is 2.22. The third kappa shape index (κ3) is 2.80. The first-order valence-electron chi connectivity index (χ1n) is 4.50. The van der Waals surface area contributed by atoms with Crippen molar-refractivity contribution in [2.75, 3.05) is 19.6 Å². The lowest BCUT2D eigenvalue weighted by Gasteiger charge is -2.30. The smallest absolute Gasteiger partial charge is 0.160 e. The van der Waals surface area contributed by atoms with Crippen molar-refractivity contribution in [1.82, 2.24) is 4.90 Å². The normalized spacial score (nSPS) is 24.4. The highest BCUT2D eigenvalue weighted by Gasteiger charge is 2.23. The zero-order valence-corrected chi connectivity index (χ0v) is 7.58. The van der Waals surface area contributed by atoms with E-state index >= 15 is 0 Å². The molecule has 1 N–H and O–H groups in total. The molecule has 3 heteroatoms. The topological polar surface area (TPSA) is 47.3 Å². The van der Waals surface area contributed by atoms with Gasteiger partial charge in [-0.05, 0) is 32.9 Å². The minimum Gasteiger partial charge on any atom is -0.374 e. The van der Waals surface area contributed by atoms with Crippen LogP contribution in [0.2, 0.25) is 0 Å². The van der Waals surface area contributed by atoms with Crippen molar-refractivity contribution >= 4 is 0 Å². The Kier molecular flexibility index (Phi) is 3.07. The van der Waals surface area contributed by atoms with Gasteiger partial charge in [0.2, 0.25) is 0 Å². The highest BCUT2D eigenvalue weighted by Crippen LogP contribution is 2.12. The largest absolute Gasteiger partial charge is 0.374 e. The molecule has 1 rings (SSSR count). The molecule has 0 radical (unpaired) electrons. The van der Waals surface area contributed by atoms with E-state index < -0.39 is 5.60 Å². The molecule has 1 aliphatic heterocycles. The number of likely N-dealkylation sites (tertiary alicyclic amines) is 1. The number of aliphatic hydroxyl groups is 1. The minimum atomic E-state index is -1.17. The number of rotatable bonds is 2. The van der Waals surface area contributed by atoms with Gasteiger partial charge in [0.15, 0.2) is 5.60 Å². The lowest BCUT2D eigenvalue weighted by atomic mass is 10.1. The molecule has 1 heterocycles. The molecule has 12 heavy (non-hydrogen) atoms. The van der Waals surface area contributed by atoms with Gasteiger partial charge in [-0.2, -0.15) is 5.26 Å². The van der Waals surface area contributed by atoms with Gasteiger partial charge in [-0.25, -0.2) is 0 Å². The maximum absolute atomic E-state index is 9.47. The molecule has 3 nitrogen and oxygen atoms in total. The molecule has 1 saturated heterocycles. The van der Waals surface area contributed by atoms with Gasteiger partial charge >= 0.3 is 0 Å². The van der Waals surface area contributed by atoms with Crippen molar-refractivity contribution < 1.29 is 5.11 Å². The van der Waals surface area contributed by atoms with Crippen LogP contribution in [0.3, 0.4) is 0 Å². The van der Waals surface area contributed by atoms with Crippen LogP contribution in [0.25, 0.3) is 0 Å². The van der Waals surface area contributed by atoms with Crippen molar-refractivity contribution in [3.63, 3.8) is 0 Å². The number of piperidine rings is 1. The first-order valence-corrected chi connectivity index (χ1v) is 4.50. The minimum absolute atomic E-state index is 0.490. The van der Waals surface area contributed by atoms with E-state index in [0.717, 1.165) is 13.1 Å². The van der Waals surface area contributed by atoms with E-state index in [9.17, 15) is 5.11 Å².